The number of benzene rings is 1. The first-order valence-electron chi connectivity index (χ1n) is 5.85. The molecule has 0 atom stereocenters. The molecular formula is C12H14ClNO5S. The Labute approximate surface area is 122 Å². The molecule has 6 nitrogen and oxygen atoms in total. The highest BCUT2D eigenvalue weighted by atomic mass is 35.5. The monoisotopic (exact) mass is 319 g/mol. The van der Waals surface area contributed by atoms with Gasteiger partial charge in [0, 0.05) is 13.1 Å². The van der Waals surface area contributed by atoms with E-state index < -0.39 is 28.2 Å². The van der Waals surface area contributed by atoms with Crippen LogP contribution in [0, 0.1) is 0 Å². The topological polar surface area (TPSA) is 83.9 Å². The van der Waals surface area contributed by atoms with E-state index in [0.717, 1.165) is 0 Å². The van der Waals surface area contributed by atoms with Gasteiger partial charge >= 0.3 is 5.97 Å². The molecule has 0 aliphatic carbocycles. The van der Waals surface area contributed by atoms with Crippen molar-refractivity contribution in [1.82, 2.24) is 4.31 Å². The fraction of sp³-hybridized carbons (Fsp3) is 0.417. The van der Waals surface area contributed by atoms with E-state index in [1.807, 2.05) is 0 Å². The zero-order valence-corrected chi connectivity index (χ0v) is 12.3. The number of carbonyl (C=O) groups is 1. The number of hydrogen-bond donors (Lipinski definition) is 1. The second-order valence-corrected chi connectivity index (χ2v) is 7.15. The van der Waals surface area contributed by atoms with Gasteiger partial charge < -0.3 is 9.84 Å². The second-order valence-electron chi connectivity index (χ2n) is 4.84. The molecule has 0 aromatic heterocycles. The van der Waals surface area contributed by atoms with Crippen LogP contribution in [0.2, 0.25) is 5.02 Å². The van der Waals surface area contributed by atoms with E-state index in [-0.39, 0.29) is 23.0 Å². The minimum absolute atomic E-state index is 0.0435. The van der Waals surface area contributed by atoms with Crippen molar-refractivity contribution in [2.45, 2.75) is 17.4 Å². The molecule has 20 heavy (non-hydrogen) atoms. The van der Waals surface area contributed by atoms with Gasteiger partial charge in [-0.2, -0.15) is 4.31 Å². The highest BCUT2D eigenvalue weighted by Gasteiger charge is 2.46. The van der Waals surface area contributed by atoms with Crippen LogP contribution in [-0.2, 0) is 19.6 Å². The fourth-order valence-corrected chi connectivity index (χ4v) is 4.15. The van der Waals surface area contributed by atoms with Crippen molar-refractivity contribution in [1.29, 1.82) is 0 Å². The van der Waals surface area contributed by atoms with Gasteiger partial charge in [0.2, 0.25) is 10.0 Å². The molecule has 2 rings (SSSR count). The first-order valence-corrected chi connectivity index (χ1v) is 7.67. The number of halogens is 1. The van der Waals surface area contributed by atoms with E-state index in [4.69, 9.17) is 21.4 Å². The molecule has 1 saturated heterocycles. The number of aliphatic carboxylic acids is 1. The van der Waals surface area contributed by atoms with Gasteiger partial charge in [0.15, 0.2) is 0 Å². The molecule has 8 heteroatoms. The number of ether oxygens (including phenoxy) is 1. The third-order valence-electron chi connectivity index (χ3n) is 3.02. The standard InChI is InChI=1S/C12H14ClNO5S/c1-12(19-6-11(15)16)7-14(8-12)20(17,18)10-5-3-2-4-9(10)13/h2-5H,6-8H2,1H3,(H,15,16). The fourth-order valence-electron chi connectivity index (χ4n) is 1.99. The van der Waals surface area contributed by atoms with E-state index >= 15 is 0 Å². The van der Waals surface area contributed by atoms with E-state index in [9.17, 15) is 13.2 Å². The Balaban J connectivity index is 2.08. The Bertz CT molecular complexity index is 624. The average Bonchev–Trinajstić information content (AvgIpc) is 2.33. The summed E-state index contributed by atoms with van der Waals surface area (Å²) in [6.07, 6.45) is 0. The van der Waals surface area contributed by atoms with Crippen molar-refractivity contribution in [2.24, 2.45) is 0 Å². The Morgan fingerprint density at radius 1 is 1.45 bits per heavy atom. The van der Waals surface area contributed by atoms with Crippen LogP contribution in [0.25, 0.3) is 0 Å². The smallest absolute Gasteiger partial charge is 0.329 e. The van der Waals surface area contributed by atoms with E-state index in [1.54, 1.807) is 19.1 Å². The summed E-state index contributed by atoms with van der Waals surface area (Å²) in [6, 6.07) is 6.19. The van der Waals surface area contributed by atoms with Gasteiger partial charge in [0.1, 0.15) is 11.5 Å². The summed E-state index contributed by atoms with van der Waals surface area (Å²) < 4.78 is 31.1. The van der Waals surface area contributed by atoms with Gasteiger partial charge in [-0.3, -0.25) is 0 Å². The predicted octanol–water partition coefficient (Wildman–Crippen LogP) is 1.20. The number of sulfonamides is 1. The molecule has 110 valence electrons. The predicted molar refractivity (Wildman–Crippen MR) is 72.2 cm³/mol. The van der Waals surface area contributed by atoms with Gasteiger partial charge in [-0.1, -0.05) is 23.7 Å². The quantitative estimate of drug-likeness (QED) is 0.881. The van der Waals surface area contributed by atoms with Crippen molar-refractivity contribution in [3.63, 3.8) is 0 Å². The van der Waals surface area contributed by atoms with E-state index in [0.29, 0.717) is 0 Å². The van der Waals surface area contributed by atoms with Gasteiger partial charge in [0.05, 0.1) is 10.6 Å². The average molecular weight is 320 g/mol. The summed E-state index contributed by atoms with van der Waals surface area (Å²) >= 11 is 5.89. The molecule has 1 aliphatic heterocycles. The zero-order chi connectivity index (χ0) is 15.0. The van der Waals surface area contributed by atoms with Crippen LogP contribution in [0.3, 0.4) is 0 Å². The maximum atomic E-state index is 12.3. The van der Waals surface area contributed by atoms with E-state index in [1.165, 1.54) is 16.4 Å². The first kappa shape index (κ1) is 15.2. The maximum Gasteiger partial charge on any atom is 0.329 e. The van der Waals surface area contributed by atoms with Crippen LogP contribution < -0.4 is 0 Å². The van der Waals surface area contributed by atoms with E-state index in [2.05, 4.69) is 0 Å². The molecular weight excluding hydrogens is 306 g/mol. The first-order chi connectivity index (χ1) is 9.24. The lowest BCUT2D eigenvalue weighted by atomic mass is 10.0. The van der Waals surface area contributed by atoms with Gasteiger partial charge in [-0.05, 0) is 19.1 Å². The summed E-state index contributed by atoms with van der Waals surface area (Å²) in [5, 5.41) is 8.72. The van der Waals surface area contributed by atoms with Crippen LogP contribution in [0.5, 0.6) is 0 Å². The van der Waals surface area contributed by atoms with Crippen molar-refractivity contribution >= 4 is 27.6 Å². The summed E-state index contributed by atoms with van der Waals surface area (Å²) in [4.78, 5) is 10.5. The van der Waals surface area contributed by atoms with Crippen molar-refractivity contribution in [3.05, 3.63) is 29.3 Å². The molecule has 1 aliphatic rings. The molecule has 0 bridgehead atoms. The molecule has 0 radical (unpaired) electrons. The Kier molecular flexibility index (Phi) is 4.06. The number of carboxylic acids is 1. The lowest BCUT2D eigenvalue weighted by Gasteiger charge is -2.46. The minimum atomic E-state index is -3.67. The van der Waals surface area contributed by atoms with Crippen LogP contribution in [-0.4, -0.2) is 49.1 Å². The maximum absolute atomic E-state index is 12.3. The van der Waals surface area contributed by atoms with Crippen molar-refractivity contribution in [2.75, 3.05) is 19.7 Å². The molecule has 0 amide bonds. The lowest BCUT2D eigenvalue weighted by molar-refractivity contribution is -0.157. The molecule has 0 unspecified atom stereocenters. The third kappa shape index (κ3) is 2.95. The van der Waals surface area contributed by atoms with Gasteiger partial charge in [-0.15, -0.1) is 0 Å². The van der Waals surface area contributed by atoms with Crippen LogP contribution in [0.1, 0.15) is 6.92 Å². The van der Waals surface area contributed by atoms with Crippen molar-refractivity contribution in [3.8, 4) is 0 Å². The number of hydrogen-bond acceptors (Lipinski definition) is 4. The Morgan fingerprint density at radius 2 is 2.05 bits per heavy atom. The second kappa shape index (κ2) is 5.33. The third-order valence-corrected chi connectivity index (χ3v) is 5.31. The Hall–Kier alpha value is -1.15. The lowest BCUT2D eigenvalue weighted by Crippen LogP contribution is -2.63. The van der Waals surface area contributed by atoms with Gasteiger partial charge in [0.25, 0.3) is 0 Å². The summed E-state index contributed by atoms with van der Waals surface area (Å²) in [7, 11) is -3.67. The number of rotatable bonds is 5. The van der Waals surface area contributed by atoms with Gasteiger partial charge in [-0.25, -0.2) is 13.2 Å². The van der Waals surface area contributed by atoms with Crippen LogP contribution in [0.15, 0.2) is 29.2 Å². The largest absolute Gasteiger partial charge is 0.480 e. The van der Waals surface area contributed by atoms with Crippen LogP contribution >= 0.6 is 11.6 Å². The Morgan fingerprint density at radius 3 is 2.60 bits per heavy atom. The molecule has 1 fully saturated rings. The molecule has 1 aromatic rings. The van der Waals surface area contributed by atoms with Crippen LogP contribution in [0.4, 0.5) is 0 Å². The number of carboxylic acid groups (broad SMARTS) is 1. The zero-order valence-electron chi connectivity index (χ0n) is 10.7. The summed E-state index contributed by atoms with van der Waals surface area (Å²) in [5.74, 6) is -1.08. The summed E-state index contributed by atoms with van der Waals surface area (Å²) in [5.41, 5.74) is -0.771. The highest BCUT2D eigenvalue weighted by molar-refractivity contribution is 7.89. The summed E-state index contributed by atoms with van der Waals surface area (Å²) in [6.45, 7) is 1.44. The SMILES string of the molecule is CC1(OCC(=O)O)CN(S(=O)(=O)c2ccccc2Cl)C1. The van der Waals surface area contributed by atoms with Crippen molar-refractivity contribution < 1.29 is 23.1 Å². The molecule has 0 spiro atoms. The molecule has 1 aromatic carbocycles. The minimum Gasteiger partial charge on any atom is -0.480 e. The molecule has 0 saturated carbocycles. The highest BCUT2D eigenvalue weighted by Crippen LogP contribution is 2.32. The normalized spacial score (nSPS) is 18.5. The molecule has 1 heterocycles. The molecule has 1 N–H and O–H groups in total. The number of nitrogens with zero attached hydrogens (tertiary/aromatic N) is 1.